The molecule has 0 aliphatic rings. The van der Waals surface area contributed by atoms with Gasteiger partial charge in [0.2, 0.25) is 0 Å². The lowest BCUT2D eigenvalue weighted by Crippen LogP contribution is -2.09. The molecule has 2 heteroatoms. The van der Waals surface area contributed by atoms with Gasteiger partial charge < -0.3 is 4.74 Å². The minimum Gasteiger partial charge on any atom is -0.462 e. The van der Waals surface area contributed by atoms with Crippen LogP contribution in [0.3, 0.4) is 0 Å². The quantitative estimate of drug-likeness (QED) is 0.209. The van der Waals surface area contributed by atoms with Crippen LogP contribution in [0.4, 0.5) is 0 Å². The standard InChI is InChI=1S/C19H36O2/c1-4-6-7-8-9-10-11-12-13-14-15-16-18(3)17-21-19(20)5-2/h5,18H,2,4,6-17H2,1,3H3. The second-order valence-electron chi connectivity index (χ2n) is 6.26. The van der Waals surface area contributed by atoms with Gasteiger partial charge in [0, 0.05) is 6.08 Å². The Labute approximate surface area is 132 Å². The Morgan fingerprint density at radius 3 is 1.90 bits per heavy atom. The SMILES string of the molecule is C=CC(=O)OCC(C)CCCCCCCCCCCCC. The molecule has 0 aromatic carbocycles. The molecule has 0 amide bonds. The second kappa shape index (κ2) is 15.6. The number of unbranched alkanes of at least 4 members (excludes halogenated alkanes) is 10. The molecule has 0 fully saturated rings. The lowest BCUT2D eigenvalue weighted by atomic mass is 10.0. The number of rotatable bonds is 15. The van der Waals surface area contributed by atoms with Crippen LogP contribution in [-0.4, -0.2) is 12.6 Å². The zero-order valence-corrected chi connectivity index (χ0v) is 14.4. The van der Waals surface area contributed by atoms with Crippen molar-refractivity contribution in [1.82, 2.24) is 0 Å². The highest BCUT2D eigenvalue weighted by Crippen LogP contribution is 2.14. The van der Waals surface area contributed by atoms with Crippen molar-refractivity contribution >= 4 is 5.97 Å². The van der Waals surface area contributed by atoms with Crippen molar-refractivity contribution < 1.29 is 9.53 Å². The van der Waals surface area contributed by atoms with Crippen molar-refractivity contribution in [3.63, 3.8) is 0 Å². The Morgan fingerprint density at radius 2 is 1.43 bits per heavy atom. The first-order chi connectivity index (χ1) is 10.2. The molecule has 0 bridgehead atoms. The number of carbonyl (C=O) groups excluding carboxylic acids is 1. The van der Waals surface area contributed by atoms with Gasteiger partial charge >= 0.3 is 5.97 Å². The topological polar surface area (TPSA) is 26.3 Å². The minimum atomic E-state index is -0.305. The predicted molar refractivity (Wildman–Crippen MR) is 91.4 cm³/mol. The highest BCUT2D eigenvalue weighted by Gasteiger charge is 2.04. The molecule has 21 heavy (non-hydrogen) atoms. The molecule has 0 aliphatic carbocycles. The van der Waals surface area contributed by atoms with E-state index in [4.69, 9.17) is 4.74 Å². The third kappa shape index (κ3) is 15.4. The highest BCUT2D eigenvalue weighted by atomic mass is 16.5. The van der Waals surface area contributed by atoms with Crippen molar-refractivity contribution in [1.29, 1.82) is 0 Å². The summed E-state index contributed by atoms with van der Waals surface area (Å²) in [5, 5.41) is 0. The monoisotopic (exact) mass is 296 g/mol. The summed E-state index contributed by atoms with van der Waals surface area (Å²) in [6.07, 6.45) is 17.5. The zero-order chi connectivity index (χ0) is 15.8. The van der Waals surface area contributed by atoms with Crippen LogP contribution in [-0.2, 0) is 9.53 Å². The van der Waals surface area contributed by atoms with Crippen LogP contribution < -0.4 is 0 Å². The summed E-state index contributed by atoms with van der Waals surface area (Å²) in [6.45, 7) is 8.34. The smallest absolute Gasteiger partial charge is 0.330 e. The van der Waals surface area contributed by atoms with Crippen LogP contribution in [0.15, 0.2) is 12.7 Å². The van der Waals surface area contributed by atoms with E-state index in [0.29, 0.717) is 12.5 Å². The third-order valence-corrected chi connectivity index (χ3v) is 3.98. The van der Waals surface area contributed by atoms with Gasteiger partial charge in [0.1, 0.15) is 0 Å². The molecule has 124 valence electrons. The van der Waals surface area contributed by atoms with E-state index < -0.39 is 0 Å². The number of carbonyl (C=O) groups is 1. The van der Waals surface area contributed by atoms with Gasteiger partial charge in [-0.2, -0.15) is 0 Å². The molecule has 1 atom stereocenters. The fourth-order valence-electron chi connectivity index (χ4n) is 2.52. The van der Waals surface area contributed by atoms with Gasteiger partial charge in [0.25, 0.3) is 0 Å². The van der Waals surface area contributed by atoms with Gasteiger partial charge in [-0.3, -0.25) is 0 Å². The molecule has 0 aliphatic heterocycles. The molecular formula is C19H36O2. The fourth-order valence-corrected chi connectivity index (χ4v) is 2.52. The van der Waals surface area contributed by atoms with E-state index in [1.807, 2.05) is 0 Å². The molecule has 0 saturated carbocycles. The van der Waals surface area contributed by atoms with Gasteiger partial charge in [-0.25, -0.2) is 4.79 Å². The van der Waals surface area contributed by atoms with Crippen molar-refractivity contribution in [2.24, 2.45) is 5.92 Å². The van der Waals surface area contributed by atoms with Crippen molar-refractivity contribution in [2.75, 3.05) is 6.61 Å². The van der Waals surface area contributed by atoms with Crippen molar-refractivity contribution in [3.8, 4) is 0 Å². The van der Waals surface area contributed by atoms with Gasteiger partial charge in [0.15, 0.2) is 0 Å². The summed E-state index contributed by atoms with van der Waals surface area (Å²) in [5.41, 5.74) is 0. The molecular weight excluding hydrogens is 260 g/mol. The van der Waals surface area contributed by atoms with E-state index in [-0.39, 0.29) is 5.97 Å². The van der Waals surface area contributed by atoms with Crippen LogP contribution in [0.2, 0.25) is 0 Å². The first-order valence-electron chi connectivity index (χ1n) is 8.99. The van der Waals surface area contributed by atoms with Crippen LogP contribution in [0.25, 0.3) is 0 Å². The molecule has 0 spiro atoms. The fraction of sp³-hybridized carbons (Fsp3) is 0.842. The van der Waals surface area contributed by atoms with Crippen molar-refractivity contribution in [3.05, 3.63) is 12.7 Å². The first-order valence-corrected chi connectivity index (χ1v) is 8.99. The molecule has 0 saturated heterocycles. The summed E-state index contributed by atoms with van der Waals surface area (Å²) < 4.78 is 5.05. The maximum Gasteiger partial charge on any atom is 0.330 e. The predicted octanol–water partition coefficient (Wildman–Crippen LogP) is 6.05. The average Bonchev–Trinajstić information content (AvgIpc) is 2.50. The van der Waals surface area contributed by atoms with E-state index in [9.17, 15) is 4.79 Å². The molecule has 0 aromatic heterocycles. The summed E-state index contributed by atoms with van der Waals surface area (Å²) in [5.74, 6) is 0.160. The number of ether oxygens (including phenoxy) is 1. The first kappa shape index (κ1) is 20.2. The van der Waals surface area contributed by atoms with Gasteiger partial charge in [-0.15, -0.1) is 0 Å². The van der Waals surface area contributed by atoms with Crippen LogP contribution in [0.5, 0.6) is 0 Å². The molecule has 0 rings (SSSR count). The normalized spacial score (nSPS) is 12.1. The molecule has 0 N–H and O–H groups in total. The summed E-state index contributed by atoms with van der Waals surface area (Å²) in [4.78, 5) is 10.9. The Balaban J connectivity index is 3.17. The van der Waals surface area contributed by atoms with Gasteiger partial charge in [0.05, 0.1) is 6.61 Å². The van der Waals surface area contributed by atoms with Gasteiger partial charge in [-0.1, -0.05) is 91.1 Å². The van der Waals surface area contributed by atoms with E-state index in [1.54, 1.807) is 0 Å². The summed E-state index contributed by atoms with van der Waals surface area (Å²) >= 11 is 0. The Morgan fingerprint density at radius 1 is 0.952 bits per heavy atom. The Kier molecular flexibility index (Phi) is 15.0. The maximum absolute atomic E-state index is 10.9. The van der Waals surface area contributed by atoms with E-state index in [0.717, 1.165) is 6.42 Å². The Bertz CT molecular complexity index is 248. The van der Waals surface area contributed by atoms with Crippen LogP contribution in [0.1, 0.15) is 90.9 Å². The number of esters is 1. The van der Waals surface area contributed by atoms with E-state index in [2.05, 4.69) is 20.4 Å². The van der Waals surface area contributed by atoms with E-state index >= 15 is 0 Å². The highest BCUT2D eigenvalue weighted by molar-refractivity contribution is 5.81. The second-order valence-corrected chi connectivity index (χ2v) is 6.26. The third-order valence-electron chi connectivity index (χ3n) is 3.98. The van der Waals surface area contributed by atoms with Crippen LogP contribution in [0, 0.1) is 5.92 Å². The number of hydrogen-bond donors (Lipinski definition) is 0. The molecule has 2 nitrogen and oxygen atoms in total. The summed E-state index contributed by atoms with van der Waals surface area (Å²) in [7, 11) is 0. The lowest BCUT2D eigenvalue weighted by Gasteiger charge is -2.10. The molecule has 0 heterocycles. The molecule has 1 unspecified atom stereocenters. The Hall–Kier alpha value is -0.790. The van der Waals surface area contributed by atoms with Crippen molar-refractivity contribution in [2.45, 2.75) is 90.9 Å². The summed E-state index contributed by atoms with van der Waals surface area (Å²) in [6, 6.07) is 0. The van der Waals surface area contributed by atoms with E-state index in [1.165, 1.54) is 76.7 Å². The van der Waals surface area contributed by atoms with Crippen LogP contribution >= 0.6 is 0 Å². The maximum atomic E-state index is 10.9. The minimum absolute atomic E-state index is 0.305. The molecule has 0 radical (unpaired) electrons. The lowest BCUT2D eigenvalue weighted by molar-refractivity contribution is -0.139. The zero-order valence-electron chi connectivity index (χ0n) is 14.4. The largest absolute Gasteiger partial charge is 0.462 e. The molecule has 0 aromatic rings. The van der Waals surface area contributed by atoms with Gasteiger partial charge in [-0.05, 0) is 12.3 Å². The number of hydrogen-bond acceptors (Lipinski definition) is 2. The average molecular weight is 296 g/mol.